The van der Waals surface area contributed by atoms with E-state index in [9.17, 15) is 9.59 Å². The summed E-state index contributed by atoms with van der Waals surface area (Å²) in [6.07, 6.45) is 29.2. The Balaban J connectivity index is 3.76. The van der Waals surface area contributed by atoms with Gasteiger partial charge in [-0.2, -0.15) is 0 Å². The van der Waals surface area contributed by atoms with Gasteiger partial charge in [-0.3, -0.25) is 0 Å². The first-order valence-electron chi connectivity index (χ1n) is 18.1. The Morgan fingerprint density at radius 1 is 0.405 bits per heavy atom. The van der Waals surface area contributed by atoms with Crippen LogP contribution in [0.5, 0.6) is 0 Å². The van der Waals surface area contributed by atoms with Crippen LogP contribution in [0.25, 0.3) is 0 Å². The van der Waals surface area contributed by atoms with Gasteiger partial charge in [0.05, 0.1) is 41.3 Å². The van der Waals surface area contributed by atoms with E-state index in [-0.39, 0.29) is 25.2 Å². The third-order valence-corrected chi connectivity index (χ3v) is 8.46. The zero-order chi connectivity index (χ0) is 31.4. The molecule has 250 valence electrons. The average molecular weight is 599 g/mol. The SMILES string of the molecule is CCCCCCCCCCCCC[N+](C)(C)CC(=O)OCCOC(=O)C[N+](C)(C)CCCCCCCCCCCCC. The van der Waals surface area contributed by atoms with Gasteiger partial charge < -0.3 is 18.4 Å². The van der Waals surface area contributed by atoms with Crippen molar-refractivity contribution in [3.63, 3.8) is 0 Å². The first kappa shape index (κ1) is 40.9. The van der Waals surface area contributed by atoms with Crippen LogP contribution in [0.1, 0.15) is 155 Å². The Morgan fingerprint density at radius 3 is 0.905 bits per heavy atom. The predicted molar refractivity (Wildman–Crippen MR) is 179 cm³/mol. The molecule has 6 nitrogen and oxygen atoms in total. The molecule has 0 aromatic rings. The molecule has 0 heterocycles. The van der Waals surface area contributed by atoms with Crippen molar-refractivity contribution in [2.45, 2.75) is 155 Å². The molecule has 0 unspecified atom stereocenters. The second-order valence-electron chi connectivity index (χ2n) is 14.1. The number of likely N-dealkylation sites (N-methyl/N-ethyl adjacent to an activating group) is 2. The Kier molecular flexibility index (Phi) is 26.7. The number of hydrogen-bond donors (Lipinski definition) is 0. The van der Waals surface area contributed by atoms with Crippen LogP contribution in [0.15, 0.2) is 0 Å². The van der Waals surface area contributed by atoms with Crippen molar-refractivity contribution in [1.82, 2.24) is 0 Å². The molecule has 6 heteroatoms. The number of esters is 2. The number of unbranched alkanes of at least 4 members (excludes halogenated alkanes) is 20. The van der Waals surface area contributed by atoms with Crippen molar-refractivity contribution in [1.29, 1.82) is 0 Å². The topological polar surface area (TPSA) is 52.6 Å². The molecule has 0 saturated heterocycles. The molecule has 0 aromatic carbocycles. The number of nitrogens with zero attached hydrogens (tertiary/aromatic N) is 2. The number of ether oxygens (including phenoxy) is 2. The zero-order valence-electron chi connectivity index (χ0n) is 29.3. The normalized spacial score (nSPS) is 12.0. The van der Waals surface area contributed by atoms with Crippen molar-refractivity contribution in [2.24, 2.45) is 0 Å². The summed E-state index contributed by atoms with van der Waals surface area (Å²) in [5, 5.41) is 0. The lowest BCUT2D eigenvalue weighted by molar-refractivity contribution is -0.883. The first-order valence-corrected chi connectivity index (χ1v) is 18.1. The third kappa shape index (κ3) is 29.0. The van der Waals surface area contributed by atoms with Crippen LogP contribution in [0.2, 0.25) is 0 Å². The molecular weight excluding hydrogens is 524 g/mol. The van der Waals surface area contributed by atoms with Crippen molar-refractivity contribution in [2.75, 3.05) is 67.6 Å². The van der Waals surface area contributed by atoms with Crippen LogP contribution in [-0.4, -0.2) is 88.5 Å². The van der Waals surface area contributed by atoms with Crippen molar-refractivity contribution in [3.05, 3.63) is 0 Å². The van der Waals surface area contributed by atoms with E-state index in [1.807, 2.05) is 0 Å². The summed E-state index contributed by atoms with van der Waals surface area (Å²) in [7, 11) is 8.36. The summed E-state index contributed by atoms with van der Waals surface area (Å²) in [4.78, 5) is 24.7. The van der Waals surface area contributed by atoms with Gasteiger partial charge in [-0.25, -0.2) is 9.59 Å². The van der Waals surface area contributed by atoms with E-state index < -0.39 is 0 Å². The van der Waals surface area contributed by atoms with Crippen LogP contribution < -0.4 is 0 Å². The molecule has 0 atom stereocenters. The first-order chi connectivity index (χ1) is 20.1. The van der Waals surface area contributed by atoms with Gasteiger partial charge in [-0.15, -0.1) is 0 Å². The fourth-order valence-corrected chi connectivity index (χ4v) is 5.67. The van der Waals surface area contributed by atoms with E-state index in [0.29, 0.717) is 22.1 Å². The molecule has 0 rings (SSSR count). The lowest BCUT2D eigenvalue weighted by Crippen LogP contribution is -2.45. The largest absolute Gasteiger partial charge is 0.458 e. The van der Waals surface area contributed by atoms with E-state index in [0.717, 1.165) is 25.9 Å². The molecule has 42 heavy (non-hydrogen) atoms. The Hall–Kier alpha value is -1.14. The second kappa shape index (κ2) is 27.4. The fraction of sp³-hybridized carbons (Fsp3) is 0.944. The van der Waals surface area contributed by atoms with Crippen molar-refractivity contribution < 1.29 is 28.0 Å². The van der Waals surface area contributed by atoms with Crippen molar-refractivity contribution in [3.8, 4) is 0 Å². The van der Waals surface area contributed by atoms with Crippen LogP contribution in [0.4, 0.5) is 0 Å². The van der Waals surface area contributed by atoms with Gasteiger partial charge >= 0.3 is 11.9 Å². The summed E-state index contributed by atoms with van der Waals surface area (Å²) in [5.41, 5.74) is 0. The summed E-state index contributed by atoms with van der Waals surface area (Å²) >= 11 is 0. The van der Waals surface area contributed by atoms with Gasteiger partial charge in [0.15, 0.2) is 13.1 Å². The fourth-order valence-electron chi connectivity index (χ4n) is 5.67. The number of rotatable bonds is 31. The minimum atomic E-state index is -0.216. The van der Waals surface area contributed by atoms with Gasteiger partial charge in [0.1, 0.15) is 13.2 Å². The molecule has 0 aromatic heterocycles. The molecule has 0 radical (unpaired) electrons. The Labute approximate surface area is 262 Å². The molecular formula is C36H74N2O4+2. The second-order valence-corrected chi connectivity index (χ2v) is 14.1. The molecule has 0 amide bonds. The number of carbonyl (C=O) groups excluding carboxylic acids is 2. The number of quaternary nitrogens is 2. The van der Waals surface area contributed by atoms with E-state index in [4.69, 9.17) is 9.47 Å². The van der Waals surface area contributed by atoms with Gasteiger partial charge in [0.2, 0.25) is 0 Å². The number of hydrogen-bond acceptors (Lipinski definition) is 4. The molecule has 0 saturated carbocycles. The zero-order valence-corrected chi connectivity index (χ0v) is 29.3. The average Bonchev–Trinajstić information content (AvgIpc) is 2.92. The van der Waals surface area contributed by atoms with Crippen LogP contribution >= 0.6 is 0 Å². The molecule has 0 spiro atoms. The van der Waals surface area contributed by atoms with Gasteiger partial charge in [0, 0.05) is 0 Å². The molecule has 0 aliphatic rings. The van der Waals surface area contributed by atoms with Gasteiger partial charge in [0.25, 0.3) is 0 Å². The maximum absolute atomic E-state index is 12.3. The summed E-state index contributed by atoms with van der Waals surface area (Å²) in [6, 6.07) is 0. The van der Waals surface area contributed by atoms with Gasteiger partial charge in [-0.05, 0) is 25.7 Å². The molecule has 0 fully saturated rings. The van der Waals surface area contributed by atoms with Gasteiger partial charge in [-0.1, -0.05) is 129 Å². The Morgan fingerprint density at radius 2 is 0.643 bits per heavy atom. The van der Waals surface area contributed by atoms with E-state index in [1.165, 1.54) is 128 Å². The van der Waals surface area contributed by atoms with E-state index >= 15 is 0 Å². The quantitative estimate of drug-likeness (QED) is 0.0454. The molecule has 0 bridgehead atoms. The third-order valence-electron chi connectivity index (χ3n) is 8.46. The maximum Gasteiger partial charge on any atom is 0.361 e. The van der Waals surface area contributed by atoms with Crippen molar-refractivity contribution >= 4 is 11.9 Å². The minimum Gasteiger partial charge on any atom is -0.458 e. The van der Waals surface area contributed by atoms with Crippen LogP contribution in [-0.2, 0) is 19.1 Å². The van der Waals surface area contributed by atoms with E-state index in [1.54, 1.807) is 0 Å². The van der Waals surface area contributed by atoms with Crippen LogP contribution in [0.3, 0.4) is 0 Å². The lowest BCUT2D eigenvalue weighted by Gasteiger charge is -2.29. The highest BCUT2D eigenvalue weighted by atomic mass is 16.6. The standard InChI is InChI=1S/C36H74N2O4/c1-7-9-11-13-15-17-19-21-23-25-27-29-37(3,4)33-35(39)41-31-32-42-36(40)34-38(5,6)30-28-26-24-22-20-18-16-14-12-10-8-2/h7-34H2,1-6H3/q+2. The number of carbonyl (C=O) groups is 2. The minimum absolute atomic E-state index is 0.134. The van der Waals surface area contributed by atoms with Crippen LogP contribution in [0, 0.1) is 0 Å². The summed E-state index contributed by atoms with van der Waals surface area (Å²) in [6.45, 7) is 7.47. The highest BCUT2D eigenvalue weighted by Crippen LogP contribution is 2.14. The monoisotopic (exact) mass is 599 g/mol. The predicted octanol–water partition coefficient (Wildman–Crippen LogP) is 8.85. The summed E-state index contributed by atoms with van der Waals surface area (Å²) in [5.74, 6) is -0.432. The lowest BCUT2D eigenvalue weighted by atomic mass is 10.1. The smallest absolute Gasteiger partial charge is 0.361 e. The highest BCUT2D eigenvalue weighted by Gasteiger charge is 2.22. The molecule has 0 N–H and O–H groups in total. The summed E-state index contributed by atoms with van der Waals surface area (Å²) < 4.78 is 12.0. The maximum atomic E-state index is 12.3. The molecule has 0 aliphatic carbocycles. The highest BCUT2D eigenvalue weighted by molar-refractivity contribution is 5.71. The van der Waals surface area contributed by atoms with E-state index in [2.05, 4.69) is 42.0 Å². The Bertz CT molecular complexity index is 582. The molecule has 0 aliphatic heterocycles.